The number of carbonyl (C=O) groups excluding carboxylic acids is 1. The van der Waals surface area contributed by atoms with Gasteiger partial charge in [-0.2, -0.15) is 9.40 Å². The first kappa shape index (κ1) is 22.2. The molecule has 9 heteroatoms. The normalized spacial score (nSPS) is 15.7. The lowest BCUT2D eigenvalue weighted by Crippen LogP contribution is -2.50. The third-order valence-corrected chi connectivity index (χ3v) is 7.44. The summed E-state index contributed by atoms with van der Waals surface area (Å²) in [6.07, 6.45) is 1.20. The van der Waals surface area contributed by atoms with E-state index in [2.05, 4.69) is 39.4 Å². The molecule has 1 N–H and O–H groups in total. The molecule has 1 fully saturated rings. The zero-order valence-corrected chi connectivity index (χ0v) is 18.7. The van der Waals surface area contributed by atoms with Crippen LogP contribution in [0.3, 0.4) is 0 Å². The number of ether oxygens (including phenoxy) is 1. The molecular weight excluding hydrogens is 428 g/mol. The van der Waals surface area contributed by atoms with Crippen molar-refractivity contribution in [3.63, 3.8) is 0 Å². The molecule has 0 radical (unpaired) electrons. The monoisotopic (exact) mass is 454 g/mol. The third-order valence-electron chi connectivity index (χ3n) is 5.57. The van der Waals surface area contributed by atoms with E-state index in [1.54, 1.807) is 6.92 Å². The van der Waals surface area contributed by atoms with Crippen LogP contribution in [0.25, 0.3) is 0 Å². The fourth-order valence-corrected chi connectivity index (χ4v) is 5.53. The number of H-pyrrole nitrogens is 1. The van der Waals surface area contributed by atoms with Crippen LogP contribution in [0.2, 0.25) is 0 Å². The number of aromatic nitrogens is 2. The van der Waals surface area contributed by atoms with E-state index in [0.717, 1.165) is 11.1 Å². The molecule has 0 spiro atoms. The van der Waals surface area contributed by atoms with Gasteiger partial charge < -0.3 is 4.74 Å². The summed E-state index contributed by atoms with van der Waals surface area (Å²) >= 11 is 0. The van der Waals surface area contributed by atoms with E-state index in [4.69, 9.17) is 4.74 Å². The van der Waals surface area contributed by atoms with Gasteiger partial charge in [0.1, 0.15) is 5.56 Å². The van der Waals surface area contributed by atoms with Crippen LogP contribution in [-0.4, -0.2) is 66.6 Å². The summed E-state index contributed by atoms with van der Waals surface area (Å²) in [4.78, 5) is 14.4. The van der Waals surface area contributed by atoms with Crippen molar-refractivity contribution in [2.75, 3.05) is 32.8 Å². The maximum Gasteiger partial charge on any atom is 0.342 e. The van der Waals surface area contributed by atoms with Gasteiger partial charge in [0.2, 0.25) is 0 Å². The number of hydrogen-bond acceptors (Lipinski definition) is 6. The molecule has 1 aliphatic rings. The summed E-state index contributed by atoms with van der Waals surface area (Å²) in [7, 11) is -3.90. The van der Waals surface area contributed by atoms with E-state index in [-0.39, 0.29) is 23.2 Å². The second-order valence-electron chi connectivity index (χ2n) is 7.50. The Bertz CT molecular complexity index is 1100. The van der Waals surface area contributed by atoms with Crippen LogP contribution in [0, 0.1) is 0 Å². The zero-order valence-electron chi connectivity index (χ0n) is 17.8. The van der Waals surface area contributed by atoms with Gasteiger partial charge in [-0.25, -0.2) is 13.2 Å². The number of rotatable bonds is 7. The lowest BCUT2D eigenvalue weighted by atomic mass is 9.96. The molecule has 168 valence electrons. The van der Waals surface area contributed by atoms with Gasteiger partial charge in [0, 0.05) is 26.2 Å². The predicted octanol–water partition coefficient (Wildman–Crippen LogP) is 2.68. The van der Waals surface area contributed by atoms with E-state index < -0.39 is 16.0 Å². The number of nitrogens with one attached hydrogen (secondary N) is 1. The predicted molar refractivity (Wildman–Crippen MR) is 120 cm³/mol. The smallest absolute Gasteiger partial charge is 0.342 e. The number of esters is 1. The van der Waals surface area contributed by atoms with Crippen molar-refractivity contribution in [1.29, 1.82) is 0 Å². The molecule has 8 nitrogen and oxygen atoms in total. The quantitative estimate of drug-likeness (QED) is 0.552. The molecule has 0 bridgehead atoms. The molecule has 0 unspecified atom stereocenters. The Kier molecular flexibility index (Phi) is 6.69. The highest BCUT2D eigenvalue weighted by atomic mass is 32.2. The summed E-state index contributed by atoms with van der Waals surface area (Å²) in [5.41, 5.74) is 2.25. The molecule has 2 heterocycles. The van der Waals surface area contributed by atoms with Gasteiger partial charge in [-0.3, -0.25) is 10.00 Å². The minimum absolute atomic E-state index is 0.0319. The molecule has 0 atom stereocenters. The van der Waals surface area contributed by atoms with Crippen LogP contribution in [0.15, 0.2) is 71.9 Å². The van der Waals surface area contributed by atoms with E-state index in [1.165, 1.54) is 10.5 Å². The number of piperazine rings is 1. The molecule has 0 aliphatic carbocycles. The standard InChI is InChI=1S/C23H26N4O4S/c1-2-31-23(28)20-17-24-25-22(20)32(29,30)27-15-13-26(14-16-27)21(18-9-5-3-6-10-18)19-11-7-4-8-12-19/h3-12,17,21H,2,13-16H2,1H3,(H,24,25). The van der Waals surface area contributed by atoms with Crippen molar-refractivity contribution in [1.82, 2.24) is 19.4 Å². The van der Waals surface area contributed by atoms with Gasteiger partial charge in [0.25, 0.3) is 10.0 Å². The molecular formula is C23H26N4O4S. The second kappa shape index (κ2) is 9.64. The Labute approximate surface area is 187 Å². The van der Waals surface area contributed by atoms with E-state index in [0.29, 0.717) is 26.2 Å². The van der Waals surface area contributed by atoms with Crippen molar-refractivity contribution in [2.45, 2.75) is 18.0 Å². The molecule has 3 aromatic rings. The number of benzene rings is 2. The third kappa shape index (κ3) is 4.45. The second-order valence-corrected chi connectivity index (χ2v) is 9.37. The van der Waals surface area contributed by atoms with E-state index in [1.807, 2.05) is 36.4 Å². The van der Waals surface area contributed by atoms with Gasteiger partial charge in [-0.05, 0) is 18.1 Å². The first-order chi connectivity index (χ1) is 15.5. The van der Waals surface area contributed by atoms with E-state index >= 15 is 0 Å². The van der Waals surface area contributed by atoms with Crippen molar-refractivity contribution in [2.24, 2.45) is 0 Å². The average Bonchev–Trinajstić information content (AvgIpc) is 3.33. The highest BCUT2D eigenvalue weighted by molar-refractivity contribution is 7.89. The Hall–Kier alpha value is -3.01. The average molecular weight is 455 g/mol. The highest BCUT2D eigenvalue weighted by Crippen LogP contribution is 2.30. The number of hydrogen-bond donors (Lipinski definition) is 1. The summed E-state index contributed by atoms with van der Waals surface area (Å²) in [5.74, 6) is -0.702. The molecule has 1 saturated heterocycles. The van der Waals surface area contributed by atoms with E-state index in [9.17, 15) is 13.2 Å². The Morgan fingerprint density at radius 3 is 2.09 bits per heavy atom. The lowest BCUT2D eigenvalue weighted by Gasteiger charge is -2.39. The number of nitrogens with zero attached hydrogens (tertiary/aromatic N) is 3. The molecule has 4 rings (SSSR count). The summed E-state index contributed by atoms with van der Waals surface area (Å²) in [6.45, 7) is 3.54. The van der Waals surface area contributed by atoms with Gasteiger partial charge in [-0.15, -0.1) is 0 Å². The lowest BCUT2D eigenvalue weighted by molar-refractivity contribution is 0.0521. The van der Waals surface area contributed by atoms with Crippen LogP contribution in [0.4, 0.5) is 0 Å². The summed E-state index contributed by atoms with van der Waals surface area (Å²) in [6, 6.07) is 20.4. The fourth-order valence-electron chi connectivity index (χ4n) is 4.04. The molecule has 1 aromatic heterocycles. The van der Waals surface area contributed by atoms with Crippen LogP contribution in [0.5, 0.6) is 0 Å². The minimum Gasteiger partial charge on any atom is -0.462 e. The highest BCUT2D eigenvalue weighted by Gasteiger charge is 2.35. The van der Waals surface area contributed by atoms with Crippen molar-refractivity contribution in [3.05, 3.63) is 83.6 Å². The van der Waals surface area contributed by atoms with Crippen LogP contribution < -0.4 is 0 Å². The zero-order chi connectivity index (χ0) is 22.6. The largest absolute Gasteiger partial charge is 0.462 e. The van der Waals surface area contributed by atoms with Crippen molar-refractivity contribution in [3.8, 4) is 0 Å². The Balaban J connectivity index is 1.54. The van der Waals surface area contributed by atoms with Gasteiger partial charge in [0.15, 0.2) is 5.03 Å². The van der Waals surface area contributed by atoms with Crippen molar-refractivity contribution < 1.29 is 17.9 Å². The van der Waals surface area contributed by atoms with Gasteiger partial charge >= 0.3 is 5.97 Å². The Morgan fingerprint density at radius 1 is 1.00 bits per heavy atom. The first-order valence-electron chi connectivity index (χ1n) is 10.6. The molecule has 0 amide bonds. The number of carbonyl (C=O) groups is 1. The van der Waals surface area contributed by atoms with Crippen LogP contribution in [0.1, 0.15) is 34.5 Å². The summed E-state index contributed by atoms with van der Waals surface area (Å²) < 4.78 is 32.8. The number of aromatic amines is 1. The minimum atomic E-state index is -3.90. The summed E-state index contributed by atoms with van der Waals surface area (Å²) in [5, 5.41) is 6.03. The topological polar surface area (TPSA) is 95.6 Å². The maximum atomic E-state index is 13.2. The van der Waals surface area contributed by atoms with Crippen LogP contribution >= 0.6 is 0 Å². The fraction of sp³-hybridized carbons (Fsp3) is 0.304. The van der Waals surface area contributed by atoms with Gasteiger partial charge in [-0.1, -0.05) is 60.7 Å². The Morgan fingerprint density at radius 2 is 1.56 bits per heavy atom. The SMILES string of the molecule is CCOC(=O)c1cn[nH]c1S(=O)(=O)N1CCN(C(c2ccccc2)c2ccccc2)CC1. The first-order valence-corrected chi connectivity index (χ1v) is 12.0. The van der Waals surface area contributed by atoms with Crippen LogP contribution in [-0.2, 0) is 14.8 Å². The molecule has 0 saturated carbocycles. The van der Waals surface area contributed by atoms with Crippen molar-refractivity contribution >= 4 is 16.0 Å². The molecule has 2 aromatic carbocycles. The maximum absolute atomic E-state index is 13.2. The molecule has 1 aliphatic heterocycles. The van der Waals surface area contributed by atoms with Gasteiger partial charge in [0.05, 0.1) is 18.8 Å². The number of sulfonamides is 1. The molecule has 32 heavy (non-hydrogen) atoms.